The highest BCUT2D eigenvalue weighted by atomic mass is 19.1. The summed E-state index contributed by atoms with van der Waals surface area (Å²) >= 11 is 0. The second-order valence-corrected chi connectivity index (χ2v) is 3.49. The molecule has 1 unspecified atom stereocenters. The lowest BCUT2D eigenvalue weighted by molar-refractivity contribution is 0.610. The molecule has 0 heterocycles. The monoisotopic (exact) mass is 196 g/mol. The van der Waals surface area contributed by atoms with Crippen molar-refractivity contribution in [1.82, 2.24) is 0 Å². The van der Waals surface area contributed by atoms with Crippen LogP contribution in [0.3, 0.4) is 0 Å². The van der Waals surface area contributed by atoms with Crippen molar-refractivity contribution in [2.45, 2.75) is 40.5 Å². The van der Waals surface area contributed by atoms with Gasteiger partial charge in [-0.15, -0.1) is 0 Å². The van der Waals surface area contributed by atoms with E-state index in [-0.39, 0.29) is 5.83 Å². The molecule has 80 valence electrons. The first-order valence-corrected chi connectivity index (χ1v) is 5.31. The Hall–Kier alpha value is -0.850. The zero-order valence-corrected chi connectivity index (χ0v) is 9.68. The first kappa shape index (κ1) is 13.2. The largest absolute Gasteiger partial charge is 0.207 e. The molecule has 0 aromatic carbocycles. The molecule has 0 amide bonds. The van der Waals surface area contributed by atoms with Gasteiger partial charge >= 0.3 is 0 Å². The van der Waals surface area contributed by atoms with Gasteiger partial charge in [0.2, 0.25) is 0 Å². The van der Waals surface area contributed by atoms with Crippen LogP contribution in [0.15, 0.2) is 35.7 Å². The van der Waals surface area contributed by atoms with Crippen LogP contribution in [0, 0.1) is 5.92 Å². The van der Waals surface area contributed by atoms with Crippen LogP contribution in [-0.4, -0.2) is 0 Å². The molecule has 0 spiro atoms. The topological polar surface area (TPSA) is 0 Å². The Labute approximate surface area is 87.2 Å². The Bertz CT molecular complexity index is 234. The van der Waals surface area contributed by atoms with Crippen molar-refractivity contribution in [2.24, 2.45) is 5.92 Å². The van der Waals surface area contributed by atoms with Crippen molar-refractivity contribution in [3.05, 3.63) is 35.7 Å². The maximum atomic E-state index is 12.8. The Kier molecular flexibility index (Phi) is 7.09. The van der Waals surface area contributed by atoms with Gasteiger partial charge in [0.15, 0.2) is 0 Å². The molecule has 0 aromatic rings. The van der Waals surface area contributed by atoms with Crippen LogP contribution in [0.4, 0.5) is 4.39 Å². The Morgan fingerprint density at radius 3 is 2.29 bits per heavy atom. The quantitative estimate of drug-likeness (QED) is 0.554. The van der Waals surface area contributed by atoms with Crippen LogP contribution < -0.4 is 0 Å². The molecule has 0 saturated heterocycles. The van der Waals surface area contributed by atoms with E-state index in [0.29, 0.717) is 5.92 Å². The molecule has 0 fully saturated rings. The molecule has 0 nitrogen and oxygen atoms in total. The van der Waals surface area contributed by atoms with Crippen LogP contribution in [0.1, 0.15) is 40.5 Å². The Morgan fingerprint density at radius 2 is 1.86 bits per heavy atom. The average molecular weight is 196 g/mol. The van der Waals surface area contributed by atoms with E-state index in [1.165, 1.54) is 24.1 Å². The molecule has 1 heteroatoms. The molecule has 0 aliphatic heterocycles. The smallest absolute Gasteiger partial charge is 0.118 e. The van der Waals surface area contributed by atoms with Crippen molar-refractivity contribution in [2.75, 3.05) is 0 Å². The number of hydrogen-bond acceptors (Lipinski definition) is 0. The van der Waals surface area contributed by atoms with Gasteiger partial charge in [0.1, 0.15) is 5.83 Å². The standard InChI is InChI=1S/C13H21F/c1-5-8-11(4)12(6-2)9-10-13(14)7-3/h6-7,9-11H,5,8H2,1-4H3/b10-9-,12-6+,13-7+. The summed E-state index contributed by atoms with van der Waals surface area (Å²) in [6.07, 6.45) is 9.24. The van der Waals surface area contributed by atoms with E-state index in [2.05, 4.69) is 19.9 Å². The molecule has 0 radical (unpaired) electrons. The molecular weight excluding hydrogens is 175 g/mol. The van der Waals surface area contributed by atoms with Gasteiger partial charge < -0.3 is 0 Å². The van der Waals surface area contributed by atoms with E-state index >= 15 is 0 Å². The summed E-state index contributed by atoms with van der Waals surface area (Å²) in [4.78, 5) is 0. The lowest BCUT2D eigenvalue weighted by Gasteiger charge is -2.10. The Morgan fingerprint density at radius 1 is 1.21 bits per heavy atom. The maximum absolute atomic E-state index is 12.8. The average Bonchev–Trinajstić information content (AvgIpc) is 2.18. The molecule has 0 bridgehead atoms. The van der Waals surface area contributed by atoms with E-state index in [1.807, 2.05) is 13.0 Å². The van der Waals surface area contributed by atoms with Gasteiger partial charge in [-0.1, -0.05) is 38.5 Å². The van der Waals surface area contributed by atoms with E-state index in [0.717, 1.165) is 6.42 Å². The summed E-state index contributed by atoms with van der Waals surface area (Å²) in [7, 11) is 0. The van der Waals surface area contributed by atoms with E-state index in [4.69, 9.17) is 0 Å². The van der Waals surface area contributed by atoms with Gasteiger partial charge in [-0.25, -0.2) is 4.39 Å². The molecule has 14 heavy (non-hydrogen) atoms. The summed E-state index contributed by atoms with van der Waals surface area (Å²) in [5.74, 6) is 0.346. The highest BCUT2D eigenvalue weighted by Crippen LogP contribution is 2.18. The highest BCUT2D eigenvalue weighted by Gasteiger charge is 2.03. The SMILES string of the molecule is C\C=C(/C=C\C(F)=C/C)C(C)CCC. The van der Waals surface area contributed by atoms with Crippen LogP contribution in [0.5, 0.6) is 0 Å². The van der Waals surface area contributed by atoms with Gasteiger partial charge in [0.25, 0.3) is 0 Å². The lowest BCUT2D eigenvalue weighted by Crippen LogP contribution is -1.96. The fraction of sp³-hybridized carbons (Fsp3) is 0.538. The number of rotatable bonds is 5. The number of hydrogen-bond donors (Lipinski definition) is 0. The van der Waals surface area contributed by atoms with E-state index in [1.54, 1.807) is 6.92 Å². The third kappa shape index (κ3) is 5.00. The lowest BCUT2D eigenvalue weighted by atomic mass is 9.96. The van der Waals surface area contributed by atoms with Crippen molar-refractivity contribution in [3.63, 3.8) is 0 Å². The molecule has 0 aliphatic rings. The highest BCUT2D eigenvalue weighted by molar-refractivity contribution is 5.25. The molecule has 0 aromatic heterocycles. The third-order valence-electron chi connectivity index (χ3n) is 2.33. The second kappa shape index (κ2) is 7.54. The van der Waals surface area contributed by atoms with Gasteiger partial charge in [0.05, 0.1) is 0 Å². The van der Waals surface area contributed by atoms with E-state index < -0.39 is 0 Å². The summed E-state index contributed by atoms with van der Waals surface area (Å²) in [5.41, 5.74) is 1.21. The molecular formula is C13H21F. The van der Waals surface area contributed by atoms with Gasteiger partial charge in [-0.05, 0) is 37.8 Å². The zero-order valence-electron chi connectivity index (χ0n) is 9.68. The minimum atomic E-state index is -0.173. The van der Waals surface area contributed by atoms with Crippen molar-refractivity contribution < 1.29 is 4.39 Å². The molecule has 0 rings (SSSR count). The first-order chi connectivity index (χ1) is 6.65. The van der Waals surface area contributed by atoms with Crippen molar-refractivity contribution in [1.29, 1.82) is 0 Å². The van der Waals surface area contributed by atoms with Crippen LogP contribution in [0.2, 0.25) is 0 Å². The third-order valence-corrected chi connectivity index (χ3v) is 2.33. The van der Waals surface area contributed by atoms with Gasteiger partial charge in [-0.3, -0.25) is 0 Å². The summed E-state index contributed by atoms with van der Waals surface area (Å²) in [6.45, 7) is 8.04. The fourth-order valence-electron chi connectivity index (χ4n) is 1.42. The number of allylic oxidation sites excluding steroid dienone is 6. The predicted molar refractivity (Wildman–Crippen MR) is 61.8 cm³/mol. The second-order valence-electron chi connectivity index (χ2n) is 3.49. The Balaban J connectivity index is 4.38. The summed E-state index contributed by atoms with van der Waals surface area (Å²) in [5, 5.41) is 0. The van der Waals surface area contributed by atoms with Crippen molar-refractivity contribution in [3.8, 4) is 0 Å². The van der Waals surface area contributed by atoms with Gasteiger partial charge in [0, 0.05) is 0 Å². The minimum absolute atomic E-state index is 0.173. The maximum Gasteiger partial charge on any atom is 0.118 e. The molecule has 0 N–H and O–H groups in total. The molecule has 0 saturated carbocycles. The zero-order chi connectivity index (χ0) is 11.0. The van der Waals surface area contributed by atoms with E-state index in [9.17, 15) is 4.39 Å². The number of halogens is 1. The first-order valence-electron chi connectivity index (χ1n) is 5.31. The van der Waals surface area contributed by atoms with Gasteiger partial charge in [-0.2, -0.15) is 0 Å². The van der Waals surface area contributed by atoms with Crippen LogP contribution in [-0.2, 0) is 0 Å². The fourth-order valence-corrected chi connectivity index (χ4v) is 1.42. The van der Waals surface area contributed by atoms with Crippen molar-refractivity contribution >= 4 is 0 Å². The van der Waals surface area contributed by atoms with Crippen LogP contribution in [0.25, 0.3) is 0 Å². The molecule has 0 aliphatic carbocycles. The normalized spacial score (nSPS) is 16.4. The predicted octanol–water partition coefficient (Wildman–Crippen LogP) is 4.80. The summed E-state index contributed by atoms with van der Waals surface area (Å²) in [6, 6.07) is 0. The summed E-state index contributed by atoms with van der Waals surface area (Å²) < 4.78 is 12.8. The minimum Gasteiger partial charge on any atom is -0.207 e. The van der Waals surface area contributed by atoms with Crippen LogP contribution >= 0.6 is 0 Å². The molecule has 1 atom stereocenters.